The van der Waals surface area contributed by atoms with Crippen molar-refractivity contribution >= 4 is 28.7 Å². The Morgan fingerprint density at radius 3 is 2.55 bits per heavy atom. The maximum absolute atomic E-state index is 5.74. The van der Waals surface area contributed by atoms with Crippen LogP contribution in [0.1, 0.15) is 56.2 Å². The summed E-state index contributed by atoms with van der Waals surface area (Å²) < 4.78 is 0. The van der Waals surface area contributed by atoms with Crippen molar-refractivity contribution in [2.24, 2.45) is 0 Å². The molecule has 1 heterocycles. The molecule has 2 saturated carbocycles. The molecule has 2 aliphatic carbocycles. The molecular weight excluding hydrogens is 284 g/mol. The van der Waals surface area contributed by atoms with E-state index in [1.807, 2.05) is 11.3 Å². The van der Waals surface area contributed by atoms with Crippen LogP contribution in [0, 0.1) is 0 Å². The Morgan fingerprint density at radius 2 is 1.90 bits per heavy atom. The molecule has 3 rings (SSSR count). The zero-order valence-corrected chi connectivity index (χ0v) is 13.6. The van der Waals surface area contributed by atoms with Crippen LogP contribution in [0.15, 0.2) is 17.5 Å². The Kier molecular flexibility index (Phi) is 4.94. The van der Waals surface area contributed by atoms with Crippen molar-refractivity contribution in [3.63, 3.8) is 0 Å². The van der Waals surface area contributed by atoms with Gasteiger partial charge in [-0.1, -0.05) is 31.7 Å². The Hall–Kier alpha value is -0.610. The summed E-state index contributed by atoms with van der Waals surface area (Å²) in [6.45, 7) is 0.987. The lowest BCUT2D eigenvalue weighted by atomic mass is 10.2. The lowest BCUT2D eigenvalue weighted by molar-refractivity contribution is 0.302. The number of hydrogen-bond donors (Lipinski definition) is 1. The first kappa shape index (κ1) is 14.3. The molecule has 1 aromatic rings. The predicted molar refractivity (Wildman–Crippen MR) is 90.1 cm³/mol. The van der Waals surface area contributed by atoms with E-state index in [4.69, 9.17) is 12.2 Å². The van der Waals surface area contributed by atoms with Gasteiger partial charge in [-0.05, 0) is 49.3 Å². The average molecular weight is 309 g/mol. The Labute approximate surface area is 131 Å². The van der Waals surface area contributed by atoms with Gasteiger partial charge in [0.15, 0.2) is 5.11 Å². The first-order chi connectivity index (χ1) is 9.83. The van der Waals surface area contributed by atoms with E-state index in [2.05, 4.69) is 27.7 Å². The minimum atomic E-state index is 0.620. The van der Waals surface area contributed by atoms with Crippen LogP contribution >= 0.6 is 23.6 Å². The van der Waals surface area contributed by atoms with Crippen LogP contribution in [0.4, 0.5) is 0 Å². The van der Waals surface area contributed by atoms with Crippen LogP contribution in [0.3, 0.4) is 0 Å². The maximum atomic E-state index is 5.74. The second-order valence-corrected chi connectivity index (χ2v) is 7.50. The fourth-order valence-corrected chi connectivity index (χ4v) is 4.56. The molecule has 0 saturated heterocycles. The van der Waals surface area contributed by atoms with Crippen LogP contribution in [0.2, 0.25) is 0 Å². The molecule has 1 aromatic heterocycles. The second-order valence-electron chi connectivity index (χ2n) is 6.08. The number of nitrogens with zero attached hydrogens (tertiary/aromatic N) is 1. The highest BCUT2D eigenvalue weighted by molar-refractivity contribution is 7.80. The van der Waals surface area contributed by atoms with E-state index < -0.39 is 0 Å². The molecule has 0 aromatic carbocycles. The van der Waals surface area contributed by atoms with Gasteiger partial charge in [-0.15, -0.1) is 11.3 Å². The van der Waals surface area contributed by atoms with E-state index in [1.165, 1.54) is 56.2 Å². The van der Waals surface area contributed by atoms with Crippen molar-refractivity contribution in [3.8, 4) is 0 Å². The number of thiocarbonyl (C=S) groups is 1. The predicted octanol–water partition coefficient (Wildman–Crippen LogP) is 4.31. The molecule has 0 amide bonds. The largest absolute Gasteiger partial charge is 0.360 e. The summed E-state index contributed by atoms with van der Waals surface area (Å²) >= 11 is 7.58. The summed E-state index contributed by atoms with van der Waals surface area (Å²) in [6, 6.07) is 5.64. The first-order valence-corrected chi connectivity index (χ1v) is 9.21. The molecule has 1 N–H and O–H groups in total. The van der Waals surface area contributed by atoms with Crippen molar-refractivity contribution in [2.75, 3.05) is 0 Å². The average Bonchev–Trinajstić information content (AvgIpc) is 3.19. The summed E-state index contributed by atoms with van der Waals surface area (Å²) in [5.74, 6) is 0. The molecule has 0 bridgehead atoms. The van der Waals surface area contributed by atoms with Gasteiger partial charge in [-0.2, -0.15) is 0 Å². The highest BCUT2D eigenvalue weighted by Crippen LogP contribution is 2.27. The molecule has 0 radical (unpaired) electrons. The van der Waals surface area contributed by atoms with Gasteiger partial charge in [-0.25, -0.2) is 0 Å². The van der Waals surface area contributed by atoms with Crippen molar-refractivity contribution in [2.45, 2.75) is 70.0 Å². The minimum Gasteiger partial charge on any atom is -0.360 e. The van der Waals surface area contributed by atoms with Gasteiger partial charge < -0.3 is 10.2 Å². The molecule has 2 aliphatic rings. The van der Waals surface area contributed by atoms with Crippen LogP contribution < -0.4 is 5.32 Å². The Morgan fingerprint density at radius 1 is 1.20 bits per heavy atom. The SMILES string of the molecule is S=C(NC1CCCC1)N(Cc1cccs1)C1CCCC1. The van der Waals surface area contributed by atoms with Crippen LogP contribution in [-0.2, 0) is 6.54 Å². The smallest absolute Gasteiger partial charge is 0.169 e. The van der Waals surface area contributed by atoms with Gasteiger partial charge in [0.25, 0.3) is 0 Å². The molecule has 2 fully saturated rings. The summed E-state index contributed by atoms with van der Waals surface area (Å²) in [4.78, 5) is 3.89. The lowest BCUT2D eigenvalue weighted by Gasteiger charge is -2.32. The highest BCUT2D eigenvalue weighted by atomic mass is 32.1. The normalized spacial score (nSPS) is 20.4. The zero-order valence-electron chi connectivity index (χ0n) is 12.0. The summed E-state index contributed by atoms with van der Waals surface area (Å²) in [5, 5.41) is 6.79. The molecule has 0 unspecified atom stereocenters. The molecule has 4 heteroatoms. The van der Waals surface area contributed by atoms with Crippen LogP contribution in [-0.4, -0.2) is 22.1 Å². The lowest BCUT2D eigenvalue weighted by Crippen LogP contribution is -2.47. The van der Waals surface area contributed by atoms with Gasteiger partial charge >= 0.3 is 0 Å². The molecular formula is C16H24N2S2. The maximum Gasteiger partial charge on any atom is 0.169 e. The molecule has 0 aliphatic heterocycles. The monoisotopic (exact) mass is 308 g/mol. The number of nitrogens with one attached hydrogen (secondary N) is 1. The van der Waals surface area contributed by atoms with Gasteiger partial charge in [0, 0.05) is 17.0 Å². The molecule has 2 nitrogen and oxygen atoms in total. The number of hydrogen-bond acceptors (Lipinski definition) is 2. The van der Waals surface area contributed by atoms with Gasteiger partial charge in [0.05, 0.1) is 6.54 Å². The molecule has 110 valence electrons. The van der Waals surface area contributed by atoms with E-state index in [-0.39, 0.29) is 0 Å². The number of thiophene rings is 1. The topological polar surface area (TPSA) is 15.3 Å². The van der Waals surface area contributed by atoms with E-state index in [0.717, 1.165) is 11.7 Å². The second kappa shape index (κ2) is 6.90. The van der Waals surface area contributed by atoms with Crippen molar-refractivity contribution in [1.82, 2.24) is 10.2 Å². The van der Waals surface area contributed by atoms with E-state index in [9.17, 15) is 0 Å². The Bertz CT molecular complexity index is 418. The molecule has 20 heavy (non-hydrogen) atoms. The van der Waals surface area contributed by atoms with E-state index in [0.29, 0.717) is 12.1 Å². The minimum absolute atomic E-state index is 0.620. The van der Waals surface area contributed by atoms with Gasteiger partial charge in [0.1, 0.15) is 0 Å². The third-order valence-electron chi connectivity index (χ3n) is 4.62. The van der Waals surface area contributed by atoms with Crippen LogP contribution in [0.25, 0.3) is 0 Å². The van der Waals surface area contributed by atoms with Gasteiger partial charge in [-0.3, -0.25) is 0 Å². The Balaban J connectivity index is 1.65. The van der Waals surface area contributed by atoms with Crippen molar-refractivity contribution in [3.05, 3.63) is 22.4 Å². The summed E-state index contributed by atoms with van der Waals surface area (Å²) in [5.41, 5.74) is 0. The highest BCUT2D eigenvalue weighted by Gasteiger charge is 2.26. The first-order valence-electron chi connectivity index (χ1n) is 7.92. The fourth-order valence-electron chi connectivity index (χ4n) is 3.48. The van der Waals surface area contributed by atoms with Gasteiger partial charge in [0.2, 0.25) is 0 Å². The molecule has 0 atom stereocenters. The number of rotatable bonds is 4. The third-order valence-corrected chi connectivity index (χ3v) is 5.83. The quantitative estimate of drug-likeness (QED) is 0.834. The van der Waals surface area contributed by atoms with Crippen molar-refractivity contribution < 1.29 is 0 Å². The molecule has 0 spiro atoms. The summed E-state index contributed by atoms with van der Waals surface area (Å²) in [6.07, 6.45) is 10.6. The standard InChI is InChI=1S/C16H24N2S2/c19-16(17-13-6-1-2-7-13)18(14-8-3-4-9-14)12-15-10-5-11-20-15/h5,10-11,13-14H,1-4,6-9,12H2,(H,17,19). The van der Waals surface area contributed by atoms with E-state index >= 15 is 0 Å². The zero-order chi connectivity index (χ0) is 13.8. The van der Waals surface area contributed by atoms with Crippen LogP contribution in [0.5, 0.6) is 0 Å². The fraction of sp³-hybridized carbons (Fsp3) is 0.688. The third kappa shape index (κ3) is 3.53. The summed E-state index contributed by atoms with van der Waals surface area (Å²) in [7, 11) is 0. The van der Waals surface area contributed by atoms with E-state index in [1.54, 1.807) is 0 Å². The van der Waals surface area contributed by atoms with Crippen molar-refractivity contribution in [1.29, 1.82) is 0 Å².